The summed E-state index contributed by atoms with van der Waals surface area (Å²) in [5.41, 5.74) is 1.74. The molecule has 0 fully saturated rings. The van der Waals surface area contributed by atoms with E-state index in [4.69, 9.17) is 9.47 Å². The standard InChI is InChI=1S/C25H23BrN2O5S/c1-4-32-18-9-6-15(7-10-18)22-21(24(31)33-5-2)14(3)27-25-28(22)23(30)20(34-25)13-16-12-17(26)8-11-19(16)29/h6-13,22,29H,4-5H2,1-3H3/b20-13-. The Kier molecular flexibility index (Phi) is 7.04. The molecule has 34 heavy (non-hydrogen) atoms. The molecule has 4 rings (SSSR count). The van der Waals surface area contributed by atoms with E-state index in [0.29, 0.717) is 38.5 Å². The van der Waals surface area contributed by atoms with Crippen molar-refractivity contribution in [3.8, 4) is 11.5 Å². The molecule has 0 aliphatic carbocycles. The van der Waals surface area contributed by atoms with E-state index in [0.717, 1.165) is 10.0 Å². The Hall–Kier alpha value is -3.17. The fourth-order valence-corrected chi connectivity index (χ4v) is 5.22. The van der Waals surface area contributed by atoms with E-state index in [-0.39, 0.29) is 17.9 Å². The number of carbonyl (C=O) groups is 1. The Morgan fingerprint density at radius 1 is 1.21 bits per heavy atom. The summed E-state index contributed by atoms with van der Waals surface area (Å²) in [6.07, 6.45) is 1.63. The van der Waals surface area contributed by atoms with Gasteiger partial charge >= 0.3 is 5.97 Å². The molecule has 7 nitrogen and oxygen atoms in total. The van der Waals surface area contributed by atoms with Crippen LogP contribution in [0.4, 0.5) is 0 Å². The van der Waals surface area contributed by atoms with Gasteiger partial charge in [-0.2, -0.15) is 0 Å². The molecular formula is C25H23BrN2O5S. The molecule has 1 N–H and O–H groups in total. The minimum atomic E-state index is -0.704. The lowest BCUT2D eigenvalue weighted by Gasteiger charge is -2.24. The number of aromatic nitrogens is 1. The average Bonchev–Trinajstić information content (AvgIpc) is 3.11. The van der Waals surface area contributed by atoms with Crippen LogP contribution in [0.3, 0.4) is 0 Å². The summed E-state index contributed by atoms with van der Waals surface area (Å²) in [7, 11) is 0. The number of benzene rings is 2. The number of hydrogen-bond acceptors (Lipinski definition) is 7. The van der Waals surface area contributed by atoms with Crippen LogP contribution >= 0.6 is 27.3 Å². The Morgan fingerprint density at radius 3 is 2.62 bits per heavy atom. The minimum absolute atomic E-state index is 0.0560. The average molecular weight is 543 g/mol. The summed E-state index contributed by atoms with van der Waals surface area (Å²) in [6, 6.07) is 11.6. The Balaban J connectivity index is 1.93. The highest BCUT2D eigenvalue weighted by Crippen LogP contribution is 2.31. The van der Waals surface area contributed by atoms with Crippen molar-refractivity contribution < 1.29 is 19.4 Å². The van der Waals surface area contributed by atoms with Crippen molar-refractivity contribution in [3.63, 3.8) is 0 Å². The van der Waals surface area contributed by atoms with Crippen molar-refractivity contribution >= 4 is 39.3 Å². The molecule has 0 saturated heterocycles. The number of phenolic OH excluding ortho intramolecular Hbond substituents is 1. The van der Waals surface area contributed by atoms with Gasteiger partial charge in [0.25, 0.3) is 5.56 Å². The summed E-state index contributed by atoms with van der Waals surface area (Å²) in [4.78, 5) is 31.6. The van der Waals surface area contributed by atoms with Crippen molar-refractivity contribution in [1.29, 1.82) is 0 Å². The number of carbonyl (C=O) groups excluding carboxylic acids is 1. The highest BCUT2D eigenvalue weighted by Gasteiger charge is 2.33. The summed E-state index contributed by atoms with van der Waals surface area (Å²) in [5, 5.41) is 10.2. The second-order valence-electron chi connectivity index (χ2n) is 7.51. The smallest absolute Gasteiger partial charge is 0.338 e. The van der Waals surface area contributed by atoms with Gasteiger partial charge in [-0.15, -0.1) is 0 Å². The fourth-order valence-electron chi connectivity index (χ4n) is 3.80. The van der Waals surface area contributed by atoms with Crippen LogP contribution in [0.15, 0.2) is 68.0 Å². The van der Waals surface area contributed by atoms with Crippen LogP contribution in [0.25, 0.3) is 6.08 Å². The Labute approximate surface area is 208 Å². The number of allylic oxidation sites excluding steroid dienone is 1. The number of ether oxygens (including phenoxy) is 2. The van der Waals surface area contributed by atoms with Crippen LogP contribution in [0, 0.1) is 0 Å². The first-order valence-corrected chi connectivity index (χ1v) is 12.4. The predicted molar refractivity (Wildman–Crippen MR) is 134 cm³/mol. The normalized spacial score (nSPS) is 15.6. The first kappa shape index (κ1) is 24.0. The third kappa shape index (κ3) is 4.58. The number of halogens is 1. The van der Waals surface area contributed by atoms with Crippen LogP contribution in [0.5, 0.6) is 11.5 Å². The number of thiazole rings is 1. The number of aromatic hydroxyl groups is 1. The molecule has 0 bridgehead atoms. The Morgan fingerprint density at radius 2 is 1.94 bits per heavy atom. The van der Waals surface area contributed by atoms with E-state index >= 15 is 0 Å². The third-order valence-corrected chi connectivity index (χ3v) is 6.78. The molecule has 1 atom stereocenters. The highest BCUT2D eigenvalue weighted by atomic mass is 79.9. The van der Waals surface area contributed by atoms with Crippen LogP contribution in [-0.4, -0.2) is 28.9 Å². The van der Waals surface area contributed by atoms with Crippen molar-refractivity contribution in [2.45, 2.75) is 26.8 Å². The third-order valence-electron chi connectivity index (χ3n) is 5.30. The number of phenols is 1. The zero-order valence-corrected chi connectivity index (χ0v) is 21.3. The van der Waals surface area contributed by atoms with Gasteiger partial charge in [0.1, 0.15) is 11.5 Å². The molecular weight excluding hydrogens is 520 g/mol. The van der Waals surface area contributed by atoms with Crippen molar-refractivity contribution in [1.82, 2.24) is 4.57 Å². The van der Waals surface area contributed by atoms with Crippen LogP contribution in [0.2, 0.25) is 0 Å². The van der Waals surface area contributed by atoms with Gasteiger partial charge in [0.05, 0.1) is 35.1 Å². The minimum Gasteiger partial charge on any atom is -0.507 e. The van der Waals surface area contributed by atoms with E-state index in [9.17, 15) is 14.7 Å². The number of rotatable bonds is 6. The van der Waals surface area contributed by atoms with Crippen molar-refractivity contribution in [2.24, 2.45) is 4.99 Å². The monoisotopic (exact) mass is 542 g/mol. The molecule has 1 aliphatic rings. The molecule has 1 unspecified atom stereocenters. The van der Waals surface area contributed by atoms with Crippen molar-refractivity contribution in [3.05, 3.63) is 89.0 Å². The van der Waals surface area contributed by atoms with E-state index in [2.05, 4.69) is 20.9 Å². The van der Waals surface area contributed by atoms with E-state index in [1.165, 1.54) is 15.9 Å². The van der Waals surface area contributed by atoms with Gasteiger partial charge in [-0.1, -0.05) is 39.4 Å². The predicted octanol–water partition coefficient (Wildman–Crippen LogP) is 3.67. The lowest BCUT2D eigenvalue weighted by molar-refractivity contribution is -0.139. The van der Waals surface area contributed by atoms with E-state index < -0.39 is 12.0 Å². The Bertz CT molecular complexity index is 1450. The van der Waals surface area contributed by atoms with Gasteiger partial charge in [-0.3, -0.25) is 9.36 Å². The molecule has 1 aliphatic heterocycles. The largest absolute Gasteiger partial charge is 0.507 e. The second-order valence-corrected chi connectivity index (χ2v) is 9.43. The SMILES string of the molecule is CCOC(=O)C1=C(C)N=c2s/c(=C\c3cc(Br)ccc3O)c(=O)n2C1c1ccc(OCC)cc1. The zero-order chi connectivity index (χ0) is 24.4. The highest BCUT2D eigenvalue weighted by molar-refractivity contribution is 9.10. The maximum absolute atomic E-state index is 13.6. The molecule has 9 heteroatoms. The molecule has 2 heterocycles. The molecule has 1 aromatic heterocycles. The maximum atomic E-state index is 13.6. The maximum Gasteiger partial charge on any atom is 0.338 e. The van der Waals surface area contributed by atoms with E-state index in [1.807, 2.05) is 31.2 Å². The molecule has 0 amide bonds. The first-order valence-electron chi connectivity index (χ1n) is 10.7. The summed E-state index contributed by atoms with van der Waals surface area (Å²) < 4.78 is 13.5. The number of hydrogen-bond donors (Lipinski definition) is 1. The molecule has 0 radical (unpaired) electrons. The zero-order valence-electron chi connectivity index (χ0n) is 18.9. The van der Waals surface area contributed by atoms with Gasteiger partial charge in [0, 0.05) is 10.0 Å². The molecule has 176 valence electrons. The van der Waals surface area contributed by atoms with Gasteiger partial charge in [0.15, 0.2) is 4.80 Å². The van der Waals surface area contributed by atoms with E-state index in [1.54, 1.807) is 38.1 Å². The summed E-state index contributed by atoms with van der Waals surface area (Å²) >= 11 is 4.59. The van der Waals surface area contributed by atoms with Gasteiger partial charge in [-0.05, 0) is 62.7 Å². The molecule has 0 spiro atoms. The van der Waals surface area contributed by atoms with Crippen LogP contribution in [0.1, 0.15) is 37.9 Å². The fraction of sp³-hybridized carbons (Fsp3) is 0.240. The number of esters is 1. The molecule has 2 aromatic carbocycles. The quantitative estimate of drug-likeness (QED) is 0.480. The van der Waals surface area contributed by atoms with Gasteiger partial charge in [0.2, 0.25) is 0 Å². The molecule has 0 saturated carbocycles. The lowest BCUT2D eigenvalue weighted by Crippen LogP contribution is -2.39. The van der Waals surface area contributed by atoms with Crippen molar-refractivity contribution in [2.75, 3.05) is 13.2 Å². The van der Waals surface area contributed by atoms with Crippen LogP contribution in [-0.2, 0) is 9.53 Å². The molecule has 3 aromatic rings. The second kappa shape index (κ2) is 9.99. The summed E-state index contributed by atoms with van der Waals surface area (Å²) in [5.74, 6) is 0.240. The van der Waals surface area contributed by atoms with Crippen LogP contribution < -0.4 is 19.6 Å². The number of fused-ring (bicyclic) bond motifs is 1. The first-order chi connectivity index (χ1) is 16.3. The van der Waals surface area contributed by atoms with Gasteiger partial charge < -0.3 is 14.6 Å². The summed E-state index contributed by atoms with van der Waals surface area (Å²) in [6.45, 7) is 6.12. The number of nitrogens with zero attached hydrogens (tertiary/aromatic N) is 2. The van der Waals surface area contributed by atoms with Gasteiger partial charge in [-0.25, -0.2) is 9.79 Å². The topological polar surface area (TPSA) is 90.1 Å². The lowest BCUT2D eigenvalue weighted by atomic mass is 9.96.